The molecule has 0 aliphatic heterocycles. The van der Waals surface area contributed by atoms with Crippen LogP contribution in [0.5, 0.6) is 5.75 Å². The van der Waals surface area contributed by atoms with Crippen molar-refractivity contribution in [3.8, 4) is 11.8 Å². The molecule has 7 heteroatoms. The number of fused-ring (bicyclic) bond motifs is 2. The Labute approximate surface area is 192 Å². The number of rotatable bonds is 10. The molecule has 0 radical (unpaired) electrons. The number of benzene rings is 2. The minimum Gasteiger partial charge on any atom is -0.488 e. The van der Waals surface area contributed by atoms with Gasteiger partial charge in [0.05, 0.1) is 18.2 Å². The van der Waals surface area contributed by atoms with Crippen LogP contribution >= 0.6 is 0 Å². The van der Waals surface area contributed by atoms with Gasteiger partial charge in [0.25, 0.3) is 0 Å². The first-order chi connectivity index (χ1) is 16.1. The Kier molecular flexibility index (Phi) is 6.96. The van der Waals surface area contributed by atoms with E-state index < -0.39 is 5.97 Å². The highest BCUT2D eigenvalue weighted by Gasteiger charge is 2.16. The summed E-state index contributed by atoms with van der Waals surface area (Å²) in [6.07, 6.45) is 3.89. The fourth-order valence-electron chi connectivity index (χ4n) is 3.85. The lowest BCUT2D eigenvalue weighted by Gasteiger charge is -2.14. The SMILES string of the molecule is CCOC(=O)c1cc2cccc(OCCNC(C)CCc3c[nH]c4ccc(C#N)cc34)c2o1. The summed E-state index contributed by atoms with van der Waals surface area (Å²) in [7, 11) is 0. The van der Waals surface area contributed by atoms with Crippen LogP contribution in [0.4, 0.5) is 0 Å². The van der Waals surface area contributed by atoms with Crippen LogP contribution in [0.3, 0.4) is 0 Å². The van der Waals surface area contributed by atoms with Crippen molar-refractivity contribution in [1.29, 1.82) is 5.26 Å². The molecule has 4 aromatic rings. The number of hydrogen-bond acceptors (Lipinski definition) is 6. The molecule has 1 unspecified atom stereocenters. The molecule has 2 aromatic heterocycles. The lowest BCUT2D eigenvalue weighted by molar-refractivity contribution is 0.0492. The predicted octanol–water partition coefficient (Wildman–Crippen LogP) is 4.95. The second-order valence-corrected chi connectivity index (χ2v) is 7.93. The number of nitrogens with one attached hydrogen (secondary N) is 2. The van der Waals surface area contributed by atoms with Gasteiger partial charge in [0.2, 0.25) is 5.76 Å². The maximum atomic E-state index is 11.9. The summed E-state index contributed by atoms with van der Waals surface area (Å²) in [6, 6.07) is 15.5. The lowest BCUT2D eigenvalue weighted by atomic mass is 10.0. The van der Waals surface area contributed by atoms with Crippen molar-refractivity contribution in [3.05, 3.63) is 65.5 Å². The van der Waals surface area contributed by atoms with Gasteiger partial charge in [0.15, 0.2) is 11.3 Å². The molecule has 2 aromatic carbocycles. The molecule has 0 aliphatic carbocycles. The van der Waals surface area contributed by atoms with Gasteiger partial charge in [-0.25, -0.2) is 4.79 Å². The van der Waals surface area contributed by atoms with Crippen molar-refractivity contribution in [2.75, 3.05) is 19.8 Å². The van der Waals surface area contributed by atoms with Gasteiger partial charge >= 0.3 is 5.97 Å². The number of furan rings is 1. The molecule has 2 heterocycles. The molecule has 0 fully saturated rings. The van der Waals surface area contributed by atoms with Crippen LogP contribution in [0.15, 0.2) is 53.1 Å². The fraction of sp³-hybridized carbons (Fsp3) is 0.308. The summed E-state index contributed by atoms with van der Waals surface area (Å²) < 4.78 is 16.6. The number of ether oxygens (including phenoxy) is 2. The Hall–Kier alpha value is -3.76. The zero-order valence-corrected chi connectivity index (χ0v) is 18.8. The van der Waals surface area contributed by atoms with Crippen LogP contribution in [-0.2, 0) is 11.2 Å². The van der Waals surface area contributed by atoms with E-state index in [9.17, 15) is 4.79 Å². The first-order valence-corrected chi connectivity index (χ1v) is 11.1. The third-order valence-corrected chi connectivity index (χ3v) is 5.58. The number of carbonyl (C=O) groups is 1. The van der Waals surface area contributed by atoms with Gasteiger partial charge in [-0.05, 0) is 62.6 Å². The van der Waals surface area contributed by atoms with Gasteiger partial charge in [-0.15, -0.1) is 0 Å². The molecular weight excluding hydrogens is 418 g/mol. The largest absolute Gasteiger partial charge is 0.488 e. The monoisotopic (exact) mass is 445 g/mol. The van der Waals surface area contributed by atoms with Crippen LogP contribution in [0.2, 0.25) is 0 Å². The summed E-state index contributed by atoms with van der Waals surface area (Å²) in [5.74, 6) is 0.299. The Morgan fingerprint density at radius 3 is 2.97 bits per heavy atom. The van der Waals surface area contributed by atoms with E-state index in [-0.39, 0.29) is 5.76 Å². The van der Waals surface area contributed by atoms with Gasteiger partial charge in [-0.3, -0.25) is 0 Å². The van der Waals surface area contributed by atoms with Crippen molar-refractivity contribution in [3.63, 3.8) is 0 Å². The number of nitriles is 1. The maximum absolute atomic E-state index is 11.9. The molecule has 0 spiro atoms. The fourth-order valence-corrected chi connectivity index (χ4v) is 3.85. The van der Waals surface area contributed by atoms with E-state index in [4.69, 9.17) is 19.2 Å². The summed E-state index contributed by atoms with van der Waals surface area (Å²) >= 11 is 0. The Morgan fingerprint density at radius 1 is 1.27 bits per heavy atom. The smallest absolute Gasteiger partial charge is 0.374 e. The second-order valence-electron chi connectivity index (χ2n) is 7.93. The highest BCUT2D eigenvalue weighted by molar-refractivity contribution is 5.94. The molecule has 1 atom stereocenters. The van der Waals surface area contributed by atoms with Crippen LogP contribution in [0, 0.1) is 11.3 Å². The Balaban J connectivity index is 1.27. The quantitative estimate of drug-likeness (QED) is 0.265. The minimum atomic E-state index is -0.478. The van der Waals surface area contributed by atoms with Crippen LogP contribution in [0.1, 0.15) is 41.9 Å². The van der Waals surface area contributed by atoms with E-state index >= 15 is 0 Å². The van der Waals surface area contributed by atoms with E-state index in [1.807, 2.05) is 42.6 Å². The molecule has 4 rings (SSSR count). The highest BCUT2D eigenvalue weighted by Crippen LogP contribution is 2.29. The first kappa shape index (κ1) is 22.4. The third kappa shape index (κ3) is 5.18. The van der Waals surface area contributed by atoms with E-state index in [0.29, 0.717) is 42.7 Å². The van der Waals surface area contributed by atoms with Crippen LogP contribution in [-0.4, -0.2) is 36.8 Å². The summed E-state index contributed by atoms with van der Waals surface area (Å²) in [5.41, 5.74) is 3.49. The first-order valence-electron chi connectivity index (χ1n) is 11.1. The number of carbonyl (C=O) groups excluding carboxylic acids is 1. The van der Waals surface area contributed by atoms with Gasteiger partial charge in [-0.1, -0.05) is 12.1 Å². The molecule has 2 N–H and O–H groups in total. The molecule has 33 heavy (non-hydrogen) atoms. The average Bonchev–Trinajstić information content (AvgIpc) is 3.45. The molecule has 0 aliphatic rings. The van der Waals surface area contributed by atoms with E-state index in [2.05, 4.69) is 23.3 Å². The van der Waals surface area contributed by atoms with Gasteiger partial charge in [0.1, 0.15) is 6.61 Å². The Bertz CT molecular complexity index is 1300. The topological polar surface area (TPSA) is 100 Å². The second kappa shape index (κ2) is 10.2. The van der Waals surface area contributed by atoms with Crippen LogP contribution < -0.4 is 10.1 Å². The number of nitrogens with zero attached hydrogens (tertiary/aromatic N) is 1. The van der Waals surface area contributed by atoms with Crippen molar-refractivity contribution < 1.29 is 18.7 Å². The van der Waals surface area contributed by atoms with Crippen molar-refractivity contribution in [2.45, 2.75) is 32.7 Å². The number of aromatic nitrogens is 1. The molecular formula is C26H27N3O4. The molecule has 0 saturated heterocycles. The van der Waals surface area contributed by atoms with Gasteiger partial charge in [-0.2, -0.15) is 5.26 Å². The predicted molar refractivity (Wildman–Crippen MR) is 126 cm³/mol. The summed E-state index contributed by atoms with van der Waals surface area (Å²) in [6.45, 7) is 5.35. The molecule has 7 nitrogen and oxygen atoms in total. The number of aromatic amines is 1. The number of para-hydroxylation sites is 1. The number of aryl methyl sites for hydroxylation is 1. The number of H-pyrrole nitrogens is 1. The highest BCUT2D eigenvalue weighted by atomic mass is 16.5. The van der Waals surface area contributed by atoms with Crippen molar-refractivity contribution in [1.82, 2.24) is 10.3 Å². The van der Waals surface area contributed by atoms with E-state index in [1.165, 1.54) is 5.56 Å². The van der Waals surface area contributed by atoms with E-state index in [1.54, 1.807) is 13.0 Å². The Morgan fingerprint density at radius 2 is 2.15 bits per heavy atom. The molecule has 170 valence electrons. The van der Waals surface area contributed by atoms with E-state index in [0.717, 1.165) is 29.1 Å². The maximum Gasteiger partial charge on any atom is 0.374 e. The summed E-state index contributed by atoms with van der Waals surface area (Å²) in [4.78, 5) is 15.2. The van der Waals surface area contributed by atoms with Crippen molar-refractivity contribution in [2.24, 2.45) is 0 Å². The van der Waals surface area contributed by atoms with Crippen LogP contribution in [0.25, 0.3) is 21.9 Å². The number of esters is 1. The van der Waals surface area contributed by atoms with Gasteiger partial charge < -0.3 is 24.2 Å². The zero-order chi connectivity index (χ0) is 23.2. The minimum absolute atomic E-state index is 0.175. The van der Waals surface area contributed by atoms with Gasteiger partial charge in [0, 0.05) is 35.1 Å². The number of hydrogen-bond donors (Lipinski definition) is 2. The average molecular weight is 446 g/mol. The van der Waals surface area contributed by atoms with Crippen molar-refractivity contribution >= 4 is 27.8 Å². The standard InChI is InChI=1S/C26H27N3O4/c1-3-31-26(30)24-14-19-5-4-6-23(25(19)33-24)32-12-11-28-17(2)7-9-20-16-29-22-10-8-18(15-27)13-21(20)22/h4-6,8,10,13-14,16-17,28-29H,3,7,9,11-12H2,1-2H3. The molecule has 0 amide bonds. The normalized spacial score (nSPS) is 12.0. The molecule has 0 bridgehead atoms. The summed E-state index contributed by atoms with van der Waals surface area (Å²) in [5, 5.41) is 14.5. The third-order valence-electron chi connectivity index (χ3n) is 5.58. The molecule has 0 saturated carbocycles. The lowest BCUT2D eigenvalue weighted by Crippen LogP contribution is -2.30. The zero-order valence-electron chi connectivity index (χ0n) is 18.8.